The monoisotopic (exact) mass is 482 g/mol. The number of amides is 1. The zero-order chi connectivity index (χ0) is 24.3. The van der Waals surface area contributed by atoms with Crippen molar-refractivity contribution in [3.05, 3.63) is 71.4 Å². The molecular formula is C25H30N4O4S. The highest BCUT2D eigenvalue weighted by Gasteiger charge is 2.33. The molecule has 1 fully saturated rings. The van der Waals surface area contributed by atoms with Crippen molar-refractivity contribution in [3.63, 3.8) is 0 Å². The van der Waals surface area contributed by atoms with Crippen molar-refractivity contribution in [1.82, 2.24) is 14.4 Å². The molecule has 180 valence electrons. The first-order valence-corrected chi connectivity index (χ1v) is 13.0. The molecule has 1 N–H and O–H groups in total. The number of sulfonamides is 1. The summed E-state index contributed by atoms with van der Waals surface area (Å²) in [4.78, 5) is 17.5. The van der Waals surface area contributed by atoms with Gasteiger partial charge in [0, 0.05) is 31.1 Å². The van der Waals surface area contributed by atoms with E-state index < -0.39 is 15.9 Å². The Hall–Kier alpha value is -3.04. The maximum absolute atomic E-state index is 13.0. The van der Waals surface area contributed by atoms with Crippen molar-refractivity contribution in [1.29, 1.82) is 0 Å². The number of anilines is 1. The number of benzene rings is 2. The van der Waals surface area contributed by atoms with Gasteiger partial charge in [-0.25, -0.2) is 8.42 Å². The predicted octanol–water partition coefficient (Wildman–Crippen LogP) is 4.13. The summed E-state index contributed by atoms with van der Waals surface area (Å²) in [5.41, 5.74) is 2.67. The summed E-state index contributed by atoms with van der Waals surface area (Å²) < 4.78 is 32.7. The Labute approximate surface area is 200 Å². The molecule has 2 aromatic carbocycles. The van der Waals surface area contributed by atoms with Crippen LogP contribution in [0, 0.1) is 12.8 Å². The fourth-order valence-corrected chi connectivity index (χ4v) is 5.46. The molecule has 4 rings (SSSR count). The fraction of sp³-hybridized carbons (Fsp3) is 0.400. The van der Waals surface area contributed by atoms with E-state index >= 15 is 0 Å². The number of rotatable bonds is 7. The molecule has 2 heterocycles. The average molecular weight is 483 g/mol. The number of aromatic nitrogens is 2. The molecule has 0 aliphatic carbocycles. The SMILES string of the molecule is Cc1ccc(S(=O)(=O)N2CCC[C@@H](C(=O)Nc3ccc(Cc4noc(C(C)C)n4)cc3)C2)cc1. The van der Waals surface area contributed by atoms with Crippen LogP contribution >= 0.6 is 0 Å². The molecule has 1 aliphatic rings. The Balaban J connectivity index is 1.36. The average Bonchev–Trinajstić information content (AvgIpc) is 3.30. The third kappa shape index (κ3) is 5.53. The molecule has 34 heavy (non-hydrogen) atoms. The van der Waals surface area contributed by atoms with Crippen LogP contribution in [0.25, 0.3) is 0 Å². The van der Waals surface area contributed by atoms with Crippen molar-refractivity contribution in [2.75, 3.05) is 18.4 Å². The van der Waals surface area contributed by atoms with E-state index in [4.69, 9.17) is 4.52 Å². The van der Waals surface area contributed by atoms with Crippen LogP contribution in [0.3, 0.4) is 0 Å². The first-order valence-electron chi connectivity index (χ1n) is 11.5. The minimum Gasteiger partial charge on any atom is -0.339 e. The van der Waals surface area contributed by atoms with Crippen LogP contribution in [0.1, 0.15) is 55.4 Å². The first kappa shape index (κ1) is 24.1. The lowest BCUT2D eigenvalue weighted by Gasteiger charge is -2.31. The summed E-state index contributed by atoms with van der Waals surface area (Å²) >= 11 is 0. The molecule has 0 radical (unpaired) electrons. The van der Waals surface area contributed by atoms with Crippen LogP contribution in [-0.2, 0) is 21.2 Å². The second kappa shape index (κ2) is 10.1. The second-order valence-corrected chi connectivity index (χ2v) is 11.0. The summed E-state index contributed by atoms with van der Waals surface area (Å²) in [6.45, 7) is 6.51. The Morgan fingerprint density at radius 1 is 1.15 bits per heavy atom. The summed E-state index contributed by atoms with van der Waals surface area (Å²) in [6, 6.07) is 14.3. The van der Waals surface area contributed by atoms with Crippen LogP contribution in [0.5, 0.6) is 0 Å². The van der Waals surface area contributed by atoms with Crippen LogP contribution in [-0.4, -0.2) is 41.9 Å². The van der Waals surface area contributed by atoms with Crippen LogP contribution in [0.4, 0.5) is 5.69 Å². The number of nitrogens with zero attached hydrogens (tertiary/aromatic N) is 3. The molecule has 0 spiro atoms. The molecule has 1 aromatic heterocycles. The lowest BCUT2D eigenvalue weighted by atomic mass is 9.98. The number of hydrogen-bond donors (Lipinski definition) is 1. The largest absolute Gasteiger partial charge is 0.339 e. The zero-order valence-corrected chi connectivity index (χ0v) is 20.5. The van der Waals surface area contributed by atoms with Gasteiger partial charge in [0.05, 0.1) is 10.8 Å². The van der Waals surface area contributed by atoms with E-state index in [-0.39, 0.29) is 23.3 Å². The molecule has 0 bridgehead atoms. The molecule has 3 aromatic rings. The molecule has 1 atom stereocenters. The smallest absolute Gasteiger partial charge is 0.243 e. The standard InChI is InChI=1S/C25H30N4O4S/c1-17(2)25-27-23(28-33-25)15-19-8-10-21(11-9-19)26-24(30)20-5-4-14-29(16-20)34(31,32)22-12-6-18(3)7-13-22/h6-13,17,20H,4-5,14-16H2,1-3H3,(H,26,30)/t20-/m1/s1. The van der Waals surface area contributed by atoms with Gasteiger partial charge in [-0.3, -0.25) is 4.79 Å². The fourth-order valence-electron chi connectivity index (χ4n) is 3.94. The minimum atomic E-state index is -3.62. The zero-order valence-electron chi connectivity index (χ0n) is 19.7. The van der Waals surface area contributed by atoms with E-state index in [1.165, 1.54) is 4.31 Å². The molecule has 8 nitrogen and oxygen atoms in total. The number of piperidine rings is 1. The third-order valence-electron chi connectivity index (χ3n) is 5.98. The summed E-state index contributed by atoms with van der Waals surface area (Å²) in [7, 11) is -3.62. The van der Waals surface area contributed by atoms with Gasteiger partial charge in [0.2, 0.25) is 21.8 Å². The normalized spacial score (nSPS) is 17.1. The van der Waals surface area contributed by atoms with Gasteiger partial charge in [-0.05, 0) is 49.6 Å². The number of carbonyl (C=O) groups is 1. The van der Waals surface area contributed by atoms with E-state index in [9.17, 15) is 13.2 Å². The lowest BCUT2D eigenvalue weighted by molar-refractivity contribution is -0.120. The maximum Gasteiger partial charge on any atom is 0.243 e. The van der Waals surface area contributed by atoms with Gasteiger partial charge in [0.15, 0.2) is 5.82 Å². The Kier molecular flexibility index (Phi) is 7.13. The highest BCUT2D eigenvalue weighted by molar-refractivity contribution is 7.89. The number of nitrogens with one attached hydrogen (secondary N) is 1. The lowest BCUT2D eigenvalue weighted by Crippen LogP contribution is -2.43. The highest BCUT2D eigenvalue weighted by atomic mass is 32.2. The van der Waals surface area contributed by atoms with E-state index in [1.807, 2.05) is 45.0 Å². The topological polar surface area (TPSA) is 105 Å². The van der Waals surface area contributed by atoms with E-state index in [2.05, 4.69) is 15.5 Å². The molecule has 1 saturated heterocycles. The highest BCUT2D eigenvalue weighted by Crippen LogP contribution is 2.25. The Morgan fingerprint density at radius 3 is 2.50 bits per heavy atom. The van der Waals surface area contributed by atoms with Gasteiger partial charge in [0.25, 0.3) is 0 Å². The van der Waals surface area contributed by atoms with Crippen molar-refractivity contribution in [2.45, 2.75) is 50.8 Å². The summed E-state index contributed by atoms with van der Waals surface area (Å²) in [6.07, 6.45) is 1.84. The number of hydrogen-bond acceptors (Lipinski definition) is 6. The van der Waals surface area contributed by atoms with Gasteiger partial charge < -0.3 is 9.84 Å². The van der Waals surface area contributed by atoms with Gasteiger partial charge in [-0.15, -0.1) is 0 Å². The van der Waals surface area contributed by atoms with Gasteiger partial charge in [-0.1, -0.05) is 48.8 Å². The molecule has 9 heteroatoms. The Bertz CT molecular complexity index is 1230. The summed E-state index contributed by atoms with van der Waals surface area (Å²) in [5.74, 6) is 0.850. The Morgan fingerprint density at radius 2 is 1.85 bits per heavy atom. The van der Waals surface area contributed by atoms with Crippen molar-refractivity contribution >= 4 is 21.6 Å². The van der Waals surface area contributed by atoms with Crippen LogP contribution < -0.4 is 5.32 Å². The van der Waals surface area contributed by atoms with Crippen molar-refractivity contribution in [3.8, 4) is 0 Å². The molecule has 1 amide bonds. The molecule has 0 unspecified atom stereocenters. The van der Waals surface area contributed by atoms with Crippen molar-refractivity contribution in [2.24, 2.45) is 5.92 Å². The second-order valence-electron chi connectivity index (χ2n) is 9.08. The maximum atomic E-state index is 13.0. The van der Waals surface area contributed by atoms with Crippen molar-refractivity contribution < 1.29 is 17.7 Å². The van der Waals surface area contributed by atoms with Gasteiger partial charge >= 0.3 is 0 Å². The quantitative estimate of drug-likeness (QED) is 0.543. The van der Waals surface area contributed by atoms with E-state index in [0.717, 1.165) is 11.1 Å². The predicted molar refractivity (Wildman–Crippen MR) is 129 cm³/mol. The summed E-state index contributed by atoms with van der Waals surface area (Å²) in [5, 5.41) is 6.94. The number of carbonyl (C=O) groups excluding carboxylic acids is 1. The van der Waals surface area contributed by atoms with Gasteiger partial charge in [0.1, 0.15) is 0 Å². The van der Waals surface area contributed by atoms with E-state index in [1.54, 1.807) is 24.3 Å². The van der Waals surface area contributed by atoms with Crippen LogP contribution in [0.2, 0.25) is 0 Å². The minimum absolute atomic E-state index is 0.170. The molecule has 0 saturated carbocycles. The molecular weight excluding hydrogens is 452 g/mol. The number of aryl methyl sites for hydroxylation is 1. The van der Waals surface area contributed by atoms with E-state index in [0.29, 0.717) is 43.2 Å². The molecule has 1 aliphatic heterocycles. The van der Waals surface area contributed by atoms with Crippen LogP contribution in [0.15, 0.2) is 57.9 Å². The van der Waals surface area contributed by atoms with Gasteiger partial charge in [-0.2, -0.15) is 9.29 Å². The first-order chi connectivity index (χ1) is 16.2. The third-order valence-corrected chi connectivity index (χ3v) is 7.85.